The van der Waals surface area contributed by atoms with E-state index in [9.17, 15) is 0 Å². The molecule has 0 heterocycles. The number of ether oxygens (including phenoxy) is 1. The molecule has 2 heteroatoms. The van der Waals surface area contributed by atoms with Crippen LogP contribution in [-0.4, -0.2) is 25.4 Å². The third-order valence-electron chi connectivity index (χ3n) is 5.39. The van der Waals surface area contributed by atoms with Crippen molar-refractivity contribution >= 4 is 0 Å². The number of rotatable bonds is 12. The van der Waals surface area contributed by atoms with Crippen LogP contribution in [0.1, 0.15) is 137 Å². The van der Waals surface area contributed by atoms with Gasteiger partial charge in [0.15, 0.2) is 0 Å². The predicted molar refractivity (Wildman–Crippen MR) is 125 cm³/mol. The van der Waals surface area contributed by atoms with E-state index in [1.54, 1.807) is 0 Å². The van der Waals surface area contributed by atoms with Crippen molar-refractivity contribution in [2.24, 2.45) is 5.92 Å². The lowest BCUT2D eigenvalue weighted by Gasteiger charge is -2.26. The zero-order chi connectivity index (χ0) is 21.2. The molecule has 0 radical (unpaired) electrons. The van der Waals surface area contributed by atoms with Crippen LogP contribution in [-0.2, 0) is 4.74 Å². The molecular weight excluding hydrogens is 332 g/mol. The number of unbranched alkanes of at least 4 members (excludes halogenated alkanes) is 10. The van der Waals surface area contributed by atoms with E-state index < -0.39 is 0 Å². The fraction of sp³-hybridized carbons (Fsp3) is 1.00. The van der Waals surface area contributed by atoms with Gasteiger partial charge in [-0.3, -0.25) is 0 Å². The van der Waals surface area contributed by atoms with Crippen molar-refractivity contribution in [3.63, 3.8) is 0 Å². The molecule has 0 bridgehead atoms. The molecule has 1 unspecified atom stereocenters. The van der Waals surface area contributed by atoms with Crippen molar-refractivity contribution in [3.8, 4) is 0 Å². The Balaban J connectivity index is -0.000000366. The summed E-state index contributed by atoms with van der Waals surface area (Å²) in [6.07, 6.45) is 23.5. The van der Waals surface area contributed by atoms with Gasteiger partial charge >= 0.3 is 0 Å². The molecule has 1 atom stereocenters. The second kappa shape index (κ2) is 30.6. The molecule has 1 rings (SSSR count). The second-order valence-corrected chi connectivity index (χ2v) is 7.52. The van der Waals surface area contributed by atoms with Crippen LogP contribution in [0.5, 0.6) is 0 Å². The van der Waals surface area contributed by atoms with Crippen molar-refractivity contribution in [2.75, 3.05) is 14.2 Å². The summed E-state index contributed by atoms with van der Waals surface area (Å²) < 4.78 is 5.29. The molecule has 27 heavy (non-hydrogen) atoms. The molecule has 0 aromatic rings. The largest absolute Gasteiger partial charge is 0.400 e. The van der Waals surface area contributed by atoms with Gasteiger partial charge in [-0.2, -0.15) is 0 Å². The van der Waals surface area contributed by atoms with Gasteiger partial charge in [0.2, 0.25) is 0 Å². The van der Waals surface area contributed by atoms with Crippen molar-refractivity contribution in [1.29, 1.82) is 0 Å². The van der Waals surface area contributed by atoms with Gasteiger partial charge in [0, 0.05) is 14.2 Å². The molecule has 0 aromatic carbocycles. The lowest BCUT2D eigenvalue weighted by Crippen LogP contribution is -2.21. The summed E-state index contributed by atoms with van der Waals surface area (Å²) in [6.45, 7) is 10.8. The number of hydrogen-bond acceptors (Lipinski definition) is 2. The van der Waals surface area contributed by atoms with Gasteiger partial charge < -0.3 is 9.84 Å². The summed E-state index contributed by atoms with van der Waals surface area (Å²) in [5, 5.41) is 7.00. The van der Waals surface area contributed by atoms with Gasteiger partial charge in [0.05, 0.1) is 6.10 Å². The van der Waals surface area contributed by atoms with Crippen LogP contribution in [0.3, 0.4) is 0 Å². The Bertz CT molecular complexity index is 202. The average Bonchev–Trinajstić information content (AvgIpc) is 2.76. The summed E-state index contributed by atoms with van der Waals surface area (Å²) in [5.41, 5.74) is 0. The summed E-state index contributed by atoms with van der Waals surface area (Å²) >= 11 is 0. The molecule has 168 valence electrons. The maximum Gasteiger partial charge on any atom is 0.0571 e. The van der Waals surface area contributed by atoms with Crippen LogP contribution < -0.4 is 0 Å². The van der Waals surface area contributed by atoms with Crippen LogP contribution in [0.15, 0.2) is 0 Å². The first-order chi connectivity index (χ1) is 13.3. The van der Waals surface area contributed by atoms with Crippen LogP contribution in [0.2, 0.25) is 0 Å². The lowest BCUT2D eigenvalue weighted by molar-refractivity contribution is 0.0507. The Hall–Kier alpha value is -0.0800. The van der Waals surface area contributed by atoms with Crippen LogP contribution in [0.25, 0.3) is 0 Å². The fourth-order valence-corrected chi connectivity index (χ4v) is 3.53. The van der Waals surface area contributed by atoms with Crippen LogP contribution >= 0.6 is 0 Å². The van der Waals surface area contributed by atoms with E-state index in [2.05, 4.69) is 20.8 Å². The average molecular weight is 389 g/mol. The molecule has 0 spiro atoms. The van der Waals surface area contributed by atoms with Crippen molar-refractivity contribution in [3.05, 3.63) is 0 Å². The summed E-state index contributed by atoms with van der Waals surface area (Å²) in [7, 11) is 2.82. The van der Waals surface area contributed by atoms with Gasteiger partial charge in [0.1, 0.15) is 0 Å². The molecule has 1 aliphatic carbocycles. The highest BCUT2D eigenvalue weighted by Crippen LogP contribution is 2.27. The first kappa shape index (κ1) is 31.6. The maximum absolute atomic E-state index is 7.00. The minimum absolute atomic E-state index is 0.486. The van der Waals surface area contributed by atoms with E-state index in [0.717, 1.165) is 13.0 Å². The number of hydrogen-bond donors (Lipinski definition) is 1. The summed E-state index contributed by atoms with van der Waals surface area (Å²) in [5.74, 6) is 0.846. The highest BCUT2D eigenvalue weighted by atomic mass is 16.5. The third kappa shape index (κ3) is 25.9. The fourth-order valence-electron chi connectivity index (χ4n) is 3.53. The van der Waals surface area contributed by atoms with Gasteiger partial charge in [-0.25, -0.2) is 0 Å². The quantitative estimate of drug-likeness (QED) is 0.339. The van der Waals surface area contributed by atoms with Crippen LogP contribution in [0.4, 0.5) is 0 Å². The molecule has 0 saturated heterocycles. The number of methoxy groups -OCH3 is 1. The summed E-state index contributed by atoms with van der Waals surface area (Å²) in [6, 6.07) is 0. The second-order valence-electron chi connectivity index (χ2n) is 7.52. The Morgan fingerprint density at radius 1 is 0.704 bits per heavy atom. The van der Waals surface area contributed by atoms with Crippen LogP contribution in [0, 0.1) is 5.92 Å². The first-order valence-corrected chi connectivity index (χ1v) is 12.2. The SMILES string of the molecule is CC.CCCCCCCCCCCCC.CO.COC(C)C1CCCCC1. The molecule has 1 N–H and O–H groups in total. The highest BCUT2D eigenvalue weighted by Gasteiger charge is 2.18. The van der Waals surface area contributed by atoms with E-state index in [4.69, 9.17) is 9.84 Å². The number of aliphatic hydroxyl groups is 1. The molecule has 2 nitrogen and oxygen atoms in total. The third-order valence-corrected chi connectivity index (χ3v) is 5.39. The Kier molecular flexibility index (Phi) is 35.9. The molecular formula is C25H56O2. The molecule has 1 fully saturated rings. The smallest absolute Gasteiger partial charge is 0.0571 e. The molecule has 1 saturated carbocycles. The van der Waals surface area contributed by atoms with Gasteiger partial charge in [-0.05, 0) is 25.7 Å². The van der Waals surface area contributed by atoms with Gasteiger partial charge in [-0.15, -0.1) is 0 Å². The normalized spacial score (nSPS) is 14.7. The van der Waals surface area contributed by atoms with Crippen molar-refractivity contribution < 1.29 is 9.84 Å². The van der Waals surface area contributed by atoms with Crippen molar-refractivity contribution in [1.82, 2.24) is 0 Å². The molecule has 1 aliphatic rings. The zero-order valence-corrected chi connectivity index (χ0v) is 20.3. The zero-order valence-electron chi connectivity index (χ0n) is 20.3. The standard InChI is InChI=1S/C13H28.C9H18O.C2H6.CH4O/c1-3-5-7-9-11-13-12-10-8-6-4-2;1-8(10-2)9-6-4-3-5-7-9;2*1-2/h3-13H2,1-2H3;8-9H,3-7H2,1-2H3;1-2H3;2H,1H3. The van der Waals surface area contributed by atoms with E-state index in [1.165, 1.54) is 103 Å². The molecule has 0 aliphatic heterocycles. The van der Waals surface area contributed by atoms with E-state index in [0.29, 0.717) is 6.10 Å². The Morgan fingerprint density at radius 2 is 1.04 bits per heavy atom. The minimum Gasteiger partial charge on any atom is -0.400 e. The Morgan fingerprint density at radius 3 is 1.33 bits per heavy atom. The predicted octanol–water partition coefficient (Wildman–Crippen LogP) is 8.55. The monoisotopic (exact) mass is 388 g/mol. The molecule has 0 aromatic heterocycles. The first-order valence-electron chi connectivity index (χ1n) is 12.2. The topological polar surface area (TPSA) is 29.5 Å². The van der Waals surface area contributed by atoms with E-state index in [1.807, 2.05) is 21.0 Å². The molecule has 0 amide bonds. The van der Waals surface area contributed by atoms with E-state index in [-0.39, 0.29) is 0 Å². The number of aliphatic hydroxyl groups excluding tert-OH is 1. The maximum atomic E-state index is 7.00. The minimum atomic E-state index is 0.486. The van der Waals surface area contributed by atoms with E-state index >= 15 is 0 Å². The summed E-state index contributed by atoms with van der Waals surface area (Å²) in [4.78, 5) is 0. The van der Waals surface area contributed by atoms with Gasteiger partial charge in [0.25, 0.3) is 0 Å². The highest BCUT2D eigenvalue weighted by molar-refractivity contribution is 4.70. The Labute approximate surface area is 173 Å². The van der Waals surface area contributed by atoms with Crippen molar-refractivity contribution in [2.45, 2.75) is 143 Å². The van der Waals surface area contributed by atoms with Gasteiger partial charge in [-0.1, -0.05) is 118 Å². The lowest BCUT2D eigenvalue weighted by atomic mass is 9.86.